The van der Waals surface area contributed by atoms with Crippen molar-refractivity contribution in [2.24, 2.45) is 5.92 Å². The Morgan fingerprint density at radius 1 is 0.889 bits per heavy atom. The van der Waals surface area contributed by atoms with Crippen molar-refractivity contribution in [3.05, 3.63) is 59.7 Å². The Morgan fingerprint density at radius 2 is 1.44 bits per heavy atom. The van der Waals surface area contributed by atoms with E-state index in [1.54, 1.807) is 0 Å². The molecule has 0 bridgehead atoms. The number of amides is 1. The highest BCUT2D eigenvalue weighted by Crippen LogP contribution is 2.33. The molecule has 1 amide bonds. The van der Waals surface area contributed by atoms with Gasteiger partial charge in [-0.15, -0.1) is 0 Å². The van der Waals surface area contributed by atoms with E-state index in [1.807, 2.05) is 60.5 Å². The third-order valence-corrected chi connectivity index (χ3v) is 5.82. The second-order valence-corrected chi connectivity index (χ2v) is 7.91. The molecule has 4 nitrogen and oxygen atoms in total. The Labute approximate surface area is 160 Å². The molecule has 1 saturated carbocycles. The molecule has 1 aliphatic heterocycles. The van der Waals surface area contributed by atoms with Gasteiger partial charge in [0.15, 0.2) is 5.78 Å². The SMILES string of the molecule is CN1CC[C@@H](N(C)C(=O)c2ccc(-c3ccc(C(=O)C4CC4)cc3)cc2)C1. The van der Waals surface area contributed by atoms with E-state index in [4.69, 9.17) is 0 Å². The number of Topliss-reactive ketones (excluding diaryl/α,β-unsaturated/α-hetero) is 1. The summed E-state index contributed by atoms with van der Waals surface area (Å²) >= 11 is 0. The molecule has 4 rings (SSSR count). The van der Waals surface area contributed by atoms with Crippen LogP contribution in [0.15, 0.2) is 48.5 Å². The Bertz CT molecular complexity index is 838. The van der Waals surface area contributed by atoms with Gasteiger partial charge in [0.2, 0.25) is 0 Å². The summed E-state index contributed by atoms with van der Waals surface area (Å²) in [4.78, 5) is 29.0. The minimum Gasteiger partial charge on any atom is -0.337 e. The molecule has 1 atom stereocenters. The standard InChI is InChI=1S/C23H26N2O2/c1-24-14-13-21(15-24)25(2)23(27)20-11-5-17(6-12-20)16-3-7-18(8-4-16)22(26)19-9-10-19/h3-8,11-12,19,21H,9-10,13-15H2,1-2H3/t21-/m1/s1. The molecular weight excluding hydrogens is 336 g/mol. The summed E-state index contributed by atoms with van der Waals surface area (Å²) in [6, 6.07) is 15.9. The van der Waals surface area contributed by atoms with Crippen molar-refractivity contribution in [1.82, 2.24) is 9.80 Å². The number of likely N-dealkylation sites (tertiary alicyclic amines) is 1. The summed E-state index contributed by atoms with van der Waals surface area (Å²) in [6.07, 6.45) is 3.09. The zero-order chi connectivity index (χ0) is 19.0. The molecule has 0 radical (unpaired) electrons. The number of hydrogen-bond acceptors (Lipinski definition) is 3. The number of rotatable bonds is 5. The molecular formula is C23H26N2O2. The van der Waals surface area contributed by atoms with Crippen LogP contribution >= 0.6 is 0 Å². The molecule has 1 heterocycles. The zero-order valence-corrected chi connectivity index (χ0v) is 16.0. The first-order valence-electron chi connectivity index (χ1n) is 9.73. The second kappa shape index (κ2) is 7.28. The van der Waals surface area contributed by atoms with Crippen LogP contribution in [0.3, 0.4) is 0 Å². The molecule has 4 heteroatoms. The highest BCUT2D eigenvalue weighted by molar-refractivity contribution is 5.99. The predicted molar refractivity (Wildman–Crippen MR) is 107 cm³/mol. The van der Waals surface area contributed by atoms with Gasteiger partial charge in [0.25, 0.3) is 5.91 Å². The molecule has 0 aromatic heterocycles. The maximum Gasteiger partial charge on any atom is 0.253 e. The first-order valence-corrected chi connectivity index (χ1v) is 9.73. The molecule has 1 saturated heterocycles. The van der Waals surface area contributed by atoms with Gasteiger partial charge in [0, 0.05) is 36.7 Å². The molecule has 0 spiro atoms. The monoisotopic (exact) mass is 362 g/mol. The lowest BCUT2D eigenvalue weighted by Gasteiger charge is -2.24. The van der Waals surface area contributed by atoms with Crippen LogP contribution in [-0.2, 0) is 0 Å². The van der Waals surface area contributed by atoms with Crippen molar-refractivity contribution in [2.45, 2.75) is 25.3 Å². The number of likely N-dealkylation sites (N-methyl/N-ethyl adjacent to an activating group) is 2. The van der Waals surface area contributed by atoms with Crippen LogP contribution in [0, 0.1) is 5.92 Å². The lowest BCUT2D eigenvalue weighted by molar-refractivity contribution is 0.0737. The molecule has 0 unspecified atom stereocenters. The van der Waals surface area contributed by atoms with Crippen LogP contribution in [0.5, 0.6) is 0 Å². The molecule has 2 aliphatic rings. The van der Waals surface area contributed by atoms with Crippen molar-refractivity contribution < 1.29 is 9.59 Å². The van der Waals surface area contributed by atoms with Crippen LogP contribution in [-0.4, -0.2) is 54.7 Å². The summed E-state index contributed by atoms with van der Waals surface area (Å²) in [5.74, 6) is 0.591. The van der Waals surface area contributed by atoms with Gasteiger partial charge in [0.05, 0.1) is 0 Å². The number of carbonyl (C=O) groups excluding carboxylic acids is 2. The molecule has 2 aromatic carbocycles. The lowest BCUT2D eigenvalue weighted by Crippen LogP contribution is -2.38. The van der Waals surface area contributed by atoms with Crippen LogP contribution in [0.1, 0.15) is 40.0 Å². The minimum atomic E-state index is 0.0761. The zero-order valence-electron chi connectivity index (χ0n) is 16.0. The average molecular weight is 362 g/mol. The minimum absolute atomic E-state index is 0.0761. The van der Waals surface area contributed by atoms with E-state index in [-0.39, 0.29) is 17.6 Å². The van der Waals surface area contributed by atoms with Gasteiger partial charge < -0.3 is 9.80 Å². The van der Waals surface area contributed by atoms with E-state index in [0.717, 1.165) is 54.6 Å². The van der Waals surface area contributed by atoms with Crippen LogP contribution in [0.2, 0.25) is 0 Å². The third-order valence-electron chi connectivity index (χ3n) is 5.82. The molecule has 0 N–H and O–H groups in total. The Balaban J connectivity index is 1.45. The van der Waals surface area contributed by atoms with E-state index < -0.39 is 0 Å². The number of hydrogen-bond donors (Lipinski definition) is 0. The summed E-state index contributed by atoms with van der Waals surface area (Å²) in [6.45, 7) is 1.98. The number of nitrogens with zero attached hydrogens (tertiary/aromatic N) is 2. The topological polar surface area (TPSA) is 40.6 Å². The molecule has 140 valence electrons. The van der Waals surface area contributed by atoms with Crippen molar-refractivity contribution in [2.75, 3.05) is 27.2 Å². The largest absolute Gasteiger partial charge is 0.337 e. The maximum atomic E-state index is 12.7. The van der Waals surface area contributed by atoms with Crippen molar-refractivity contribution in [1.29, 1.82) is 0 Å². The summed E-state index contributed by atoms with van der Waals surface area (Å²) in [5, 5.41) is 0. The fourth-order valence-corrected chi connectivity index (χ4v) is 3.81. The summed E-state index contributed by atoms with van der Waals surface area (Å²) < 4.78 is 0. The molecule has 1 aliphatic carbocycles. The highest BCUT2D eigenvalue weighted by atomic mass is 16.2. The average Bonchev–Trinajstić information content (AvgIpc) is 3.47. The Kier molecular flexibility index (Phi) is 4.83. The van der Waals surface area contributed by atoms with Gasteiger partial charge in [-0.05, 0) is 56.1 Å². The van der Waals surface area contributed by atoms with Gasteiger partial charge in [-0.25, -0.2) is 0 Å². The van der Waals surface area contributed by atoms with Gasteiger partial charge in [-0.1, -0.05) is 36.4 Å². The predicted octanol–water partition coefficient (Wildman–Crippen LogP) is 3.72. The second-order valence-electron chi connectivity index (χ2n) is 7.91. The fraction of sp³-hybridized carbons (Fsp3) is 0.391. The van der Waals surface area contributed by atoms with Gasteiger partial charge >= 0.3 is 0 Å². The van der Waals surface area contributed by atoms with Gasteiger partial charge in [-0.2, -0.15) is 0 Å². The number of benzene rings is 2. The molecule has 2 aromatic rings. The van der Waals surface area contributed by atoms with Crippen molar-refractivity contribution >= 4 is 11.7 Å². The summed E-state index contributed by atoms with van der Waals surface area (Å²) in [5.41, 5.74) is 3.64. The van der Waals surface area contributed by atoms with E-state index in [2.05, 4.69) is 11.9 Å². The van der Waals surface area contributed by atoms with E-state index in [9.17, 15) is 9.59 Å². The van der Waals surface area contributed by atoms with Gasteiger partial charge in [0.1, 0.15) is 0 Å². The molecule has 2 fully saturated rings. The van der Waals surface area contributed by atoms with E-state index >= 15 is 0 Å². The Morgan fingerprint density at radius 3 is 1.93 bits per heavy atom. The van der Waals surface area contributed by atoms with Crippen LogP contribution in [0.4, 0.5) is 0 Å². The highest BCUT2D eigenvalue weighted by Gasteiger charge is 2.30. The van der Waals surface area contributed by atoms with Crippen LogP contribution in [0.25, 0.3) is 11.1 Å². The van der Waals surface area contributed by atoms with Crippen molar-refractivity contribution in [3.8, 4) is 11.1 Å². The van der Waals surface area contributed by atoms with Crippen LogP contribution < -0.4 is 0 Å². The van der Waals surface area contributed by atoms with E-state index in [1.165, 1.54) is 0 Å². The van der Waals surface area contributed by atoms with E-state index in [0.29, 0.717) is 6.04 Å². The van der Waals surface area contributed by atoms with Gasteiger partial charge in [-0.3, -0.25) is 9.59 Å². The summed E-state index contributed by atoms with van der Waals surface area (Å²) in [7, 11) is 3.99. The lowest BCUT2D eigenvalue weighted by atomic mass is 10.00. The van der Waals surface area contributed by atoms with Crippen molar-refractivity contribution in [3.63, 3.8) is 0 Å². The molecule has 27 heavy (non-hydrogen) atoms. The number of carbonyl (C=O) groups is 2. The normalized spacial score (nSPS) is 19.9. The fourth-order valence-electron chi connectivity index (χ4n) is 3.81. The smallest absolute Gasteiger partial charge is 0.253 e. The third kappa shape index (κ3) is 3.81. The quantitative estimate of drug-likeness (QED) is 0.761. The first kappa shape index (κ1) is 17.9. The Hall–Kier alpha value is -2.46. The number of ketones is 1. The maximum absolute atomic E-state index is 12.7. The first-order chi connectivity index (χ1) is 13.0.